The molecule has 1 unspecified atom stereocenters. The number of piperidine rings is 1. The minimum atomic E-state index is -6.56. The normalized spacial score (nSPS) is 28.3. The smallest absolute Gasteiger partial charge is 0.376 e. The molecule has 0 spiro atoms. The van der Waals surface area contributed by atoms with E-state index < -0.39 is 36.0 Å². The maximum Gasteiger partial charge on any atom is 0.460 e. The highest BCUT2D eigenvalue weighted by molar-refractivity contribution is 7.96. The summed E-state index contributed by atoms with van der Waals surface area (Å²) in [6, 6.07) is -1.66. The Balaban J connectivity index is 2.16. The van der Waals surface area contributed by atoms with E-state index in [9.17, 15) is 35.5 Å². The lowest BCUT2D eigenvalue weighted by atomic mass is 9.80. The zero-order valence-electron chi connectivity index (χ0n) is 18.4. The second-order valence-corrected chi connectivity index (χ2v) is 9.54. The van der Waals surface area contributed by atoms with Crippen molar-refractivity contribution >= 4 is 17.9 Å². The van der Waals surface area contributed by atoms with Gasteiger partial charge in [-0.3, -0.25) is 9.52 Å². The molecule has 0 radical (unpaired) electrons. The lowest BCUT2D eigenvalue weighted by Gasteiger charge is -2.44. The Bertz CT molecular complexity index is 624. The molecular formula is C20H31F7N2O2S. The van der Waals surface area contributed by atoms with E-state index >= 15 is 0 Å². The monoisotopic (exact) mass is 496 g/mol. The van der Waals surface area contributed by atoms with Crippen molar-refractivity contribution in [1.29, 1.82) is 0 Å². The fourth-order valence-electron chi connectivity index (χ4n) is 4.45. The second-order valence-electron chi connectivity index (χ2n) is 8.90. The molecule has 1 saturated carbocycles. The van der Waals surface area contributed by atoms with Gasteiger partial charge in [-0.2, -0.15) is 30.7 Å². The third kappa shape index (κ3) is 5.84. The number of nitrogens with one attached hydrogen (secondary N) is 1. The van der Waals surface area contributed by atoms with Gasteiger partial charge in [0.15, 0.2) is 0 Å². The van der Waals surface area contributed by atoms with Gasteiger partial charge in [-0.25, -0.2) is 0 Å². The van der Waals surface area contributed by atoms with Crippen molar-refractivity contribution in [3.8, 4) is 0 Å². The first-order chi connectivity index (χ1) is 14.7. The Kier molecular flexibility index (Phi) is 9.17. The van der Waals surface area contributed by atoms with Gasteiger partial charge in [-0.1, -0.05) is 25.8 Å². The van der Waals surface area contributed by atoms with Crippen molar-refractivity contribution in [1.82, 2.24) is 9.62 Å². The molecule has 1 aliphatic carbocycles. The van der Waals surface area contributed by atoms with E-state index in [0.717, 1.165) is 37.6 Å². The van der Waals surface area contributed by atoms with Crippen LogP contribution >= 0.6 is 11.9 Å². The van der Waals surface area contributed by atoms with Crippen LogP contribution in [0, 0.1) is 11.8 Å². The third-order valence-electron chi connectivity index (χ3n) is 6.49. The number of hydrogen-bond acceptors (Lipinski definition) is 4. The number of carbonyl (C=O) groups excluding carboxylic acids is 1. The molecule has 1 N–H and O–H groups in total. The Labute approximate surface area is 188 Å². The van der Waals surface area contributed by atoms with Crippen molar-refractivity contribution < 1.29 is 40.3 Å². The summed E-state index contributed by atoms with van der Waals surface area (Å²) in [6.07, 6.45) is -1.09. The van der Waals surface area contributed by atoms with Gasteiger partial charge in [0.05, 0.1) is 18.8 Å². The topological polar surface area (TPSA) is 41.6 Å². The van der Waals surface area contributed by atoms with E-state index in [4.69, 9.17) is 4.74 Å². The first-order valence-corrected chi connectivity index (χ1v) is 12.0. The van der Waals surface area contributed by atoms with Crippen LogP contribution in [0.15, 0.2) is 0 Å². The van der Waals surface area contributed by atoms with E-state index in [1.54, 1.807) is 6.26 Å². The van der Waals surface area contributed by atoms with Crippen molar-refractivity contribution in [2.45, 2.75) is 88.6 Å². The van der Waals surface area contributed by atoms with Crippen LogP contribution in [0.3, 0.4) is 0 Å². The highest BCUT2D eigenvalue weighted by Gasteiger charge is 2.77. The first-order valence-electron chi connectivity index (χ1n) is 10.8. The molecule has 0 bridgehead atoms. The van der Waals surface area contributed by atoms with Gasteiger partial charge in [0.1, 0.15) is 0 Å². The van der Waals surface area contributed by atoms with Gasteiger partial charge in [-0.05, 0) is 56.6 Å². The molecule has 0 aromatic carbocycles. The van der Waals surface area contributed by atoms with Crippen LogP contribution in [-0.4, -0.2) is 66.4 Å². The number of likely N-dealkylation sites (tertiary alicyclic amines) is 1. The Hall–Kier alpha value is -0.750. The van der Waals surface area contributed by atoms with Gasteiger partial charge < -0.3 is 9.64 Å². The number of halogens is 7. The lowest BCUT2D eigenvalue weighted by molar-refractivity contribution is -0.346. The van der Waals surface area contributed by atoms with Crippen LogP contribution in [0.4, 0.5) is 30.7 Å². The summed E-state index contributed by atoms with van der Waals surface area (Å²) in [4.78, 5) is 12.8. The molecule has 2 atom stereocenters. The standard InChI is InChI=1S/C20H31F7N2O2S/c1-12(2)13-6-8-14(9-7-13)31-11-16-15(28-32-3)5-4-10-29(16)17(30)18(21,22)19(23,24)20(25,26)27/h12-16,28H,4-11H2,1-3H3/t13-,14+,15?,16-/m0/s1. The summed E-state index contributed by atoms with van der Waals surface area (Å²) in [6.45, 7) is 3.71. The summed E-state index contributed by atoms with van der Waals surface area (Å²) in [5, 5.41) is 0. The van der Waals surface area contributed by atoms with Crippen LogP contribution in [0.2, 0.25) is 0 Å². The van der Waals surface area contributed by atoms with Crippen molar-refractivity contribution in [2.75, 3.05) is 19.4 Å². The summed E-state index contributed by atoms with van der Waals surface area (Å²) in [5.41, 5.74) is 0. The molecular weight excluding hydrogens is 465 g/mol. The zero-order chi connectivity index (χ0) is 24.3. The van der Waals surface area contributed by atoms with Crippen molar-refractivity contribution in [2.24, 2.45) is 11.8 Å². The zero-order valence-corrected chi connectivity index (χ0v) is 19.2. The molecule has 0 aromatic heterocycles. The number of hydrogen-bond donors (Lipinski definition) is 1. The van der Waals surface area contributed by atoms with E-state index in [2.05, 4.69) is 18.6 Å². The van der Waals surface area contributed by atoms with Crippen LogP contribution < -0.4 is 4.72 Å². The summed E-state index contributed by atoms with van der Waals surface area (Å²) in [7, 11) is 0. The van der Waals surface area contributed by atoms with Gasteiger partial charge in [0, 0.05) is 12.6 Å². The van der Waals surface area contributed by atoms with Gasteiger partial charge in [0.2, 0.25) is 0 Å². The van der Waals surface area contributed by atoms with Gasteiger partial charge in [0.25, 0.3) is 5.91 Å². The van der Waals surface area contributed by atoms with Gasteiger partial charge >= 0.3 is 18.0 Å². The quantitative estimate of drug-likeness (QED) is 0.367. The molecule has 1 saturated heterocycles. The SMILES string of the molecule is CSNC1CCCN(C(=O)C(F)(F)C(F)(F)C(F)(F)F)[C@H]1CO[C@H]1CC[C@@H](C(C)C)CC1. The number of nitrogens with zero attached hydrogens (tertiary/aromatic N) is 1. The van der Waals surface area contributed by atoms with Crippen LogP contribution in [0.1, 0.15) is 52.4 Å². The molecule has 2 aliphatic rings. The minimum absolute atomic E-state index is 0.170. The molecule has 188 valence electrons. The highest BCUT2D eigenvalue weighted by Crippen LogP contribution is 2.47. The van der Waals surface area contributed by atoms with E-state index in [-0.39, 0.29) is 25.7 Å². The highest BCUT2D eigenvalue weighted by atomic mass is 32.2. The van der Waals surface area contributed by atoms with E-state index in [1.165, 1.54) is 0 Å². The fourth-order valence-corrected chi connectivity index (χ4v) is 5.03. The van der Waals surface area contributed by atoms with E-state index in [0.29, 0.717) is 23.2 Å². The number of alkyl halides is 7. The molecule has 1 heterocycles. The Morgan fingerprint density at radius 3 is 2.16 bits per heavy atom. The van der Waals surface area contributed by atoms with Crippen LogP contribution in [0.25, 0.3) is 0 Å². The fraction of sp³-hybridized carbons (Fsp3) is 0.950. The Morgan fingerprint density at radius 1 is 1.06 bits per heavy atom. The maximum atomic E-state index is 14.1. The number of amides is 1. The van der Waals surface area contributed by atoms with Crippen molar-refractivity contribution in [3.63, 3.8) is 0 Å². The Morgan fingerprint density at radius 2 is 1.66 bits per heavy atom. The molecule has 1 amide bonds. The third-order valence-corrected chi connectivity index (χ3v) is 7.03. The van der Waals surface area contributed by atoms with Crippen LogP contribution in [0.5, 0.6) is 0 Å². The van der Waals surface area contributed by atoms with Gasteiger partial charge in [-0.15, -0.1) is 0 Å². The predicted octanol–water partition coefficient (Wildman–Crippen LogP) is 5.28. The van der Waals surface area contributed by atoms with Crippen LogP contribution in [-0.2, 0) is 9.53 Å². The van der Waals surface area contributed by atoms with Crippen molar-refractivity contribution in [3.05, 3.63) is 0 Å². The summed E-state index contributed by atoms with van der Waals surface area (Å²) >= 11 is 1.15. The molecule has 4 nitrogen and oxygen atoms in total. The predicted molar refractivity (Wildman–Crippen MR) is 108 cm³/mol. The van der Waals surface area contributed by atoms with E-state index in [1.807, 2.05) is 0 Å². The average Bonchev–Trinajstić information content (AvgIpc) is 2.71. The number of carbonyl (C=O) groups is 1. The second kappa shape index (κ2) is 10.7. The molecule has 0 aromatic rings. The molecule has 32 heavy (non-hydrogen) atoms. The molecule has 1 aliphatic heterocycles. The largest absolute Gasteiger partial charge is 0.460 e. The first kappa shape index (κ1) is 27.5. The summed E-state index contributed by atoms with van der Waals surface area (Å²) in [5.74, 6) is -13.8. The molecule has 2 rings (SSSR count). The lowest BCUT2D eigenvalue weighted by Crippen LogP contribution is -2.65. The minimum Gasteiger partial charge on any atom is -0.376 e. The molecule has 2 fully saturated rings. The average molecular weight is 497 g/mol. The molecule has 12 heteroatoms. The number of rotatable bonds is 8. The maximum absolute atomic E-state index is 14.1. The summed E-state index contributed by atoms with van der Waals surface area (Å²) < 4.78 is 102. The number of ether oxygens (including phenoxy) is 1.